The number of pyridine rings is 1. The molecule has 3 amide bonds. The number of rotatable bonds is 13. The van der Waals surface area contributed by atoms with E-state index in [0.717, 1.165) is 18.4 Å². The number of carbonyl (C=O) groups excluding carboxylic acids is 3. The van der Waals surface area contributed by atoms with Gasteiger partial charge in [-0.05, 0) is 75.4 Å². The van der Waals surface area contributed by atoms with Gasteiger partial charge in [-0.25, -0.2) is 4.39 Å². The minimum Gasteiger partial charge on any atom is -0.377 e. The number of amides is 3. The normalized spacial score (nSPS) is 16.8. The van der Waals surface area contributed by atoms with Crippen LogP contribution in [0.5, 0.6) is 0 Å². The first-order chi connectivity index (χ1) is 21.1. The van der Waals surface area contributed by atoms with E-state index in [0.29, 0.717) is 30.8 Å². The van der Waals surface area contributed by atoms with Crippen LogP contribution in [0, 0.1) is 11.7 Å². The zero-order valence-electron chi connectivity index (χ0n) is 25.5. The predicted octanol–water partition coefficient (Wildman–Crippen LogP) is 4.58. The van der Waals surface area contributed by atoms with Crippen molar-refractivity contribution in [1.29, 1.82) is 0 Å². The summed E-state index contributed by atoms with van der Waals surface area (Å²) in [4.78, 5) is 45.8. The lowest BCUT2D eigenvalue weighted by Crippen LogP contribution is -2.50. The molecule has 0 unspecified atom stereocenters. The smallest absolute Gasteiger partial charge is 0.255 e. The standard InChI is InChI=1S/C34H42FN5O4/c1-22(2)44-21-29-10-7-15-40(29)34(43)26-18-25(19-37-20-26)33(42)39-31(17-24-8-5-4-6-9-24)30(36)16-23(3)32(41)38-28-13-11-27(35)12-14-28/h4-6,8-9,11-14,18-20,22-23,29-31H,7,10,15-17,21,36H2,1-3H3,(H,38,41)(H,39,42)/t23-,29-,30+,31+/m1/s1. The average molecular weight is 604 g/mol. The van der Waals surface area contributed by atoms with Crippen molar-refractivity contribution in [1.82, 2.24) is 15.2 Å². The summed E-state index contributed by atoms with van der Waals surface area (Å²) in [6, 6.07) is 15.6. The molecule has 1 aliphatic heterocycles. The Kier molecular flexibility index (Phi) is 11.6. The third-order valence-electron chi connectivity index (χ3n) is 7.82. The number of benzene rings is 2. The minimum atomic E-state index is -0.572. The lowest BCUT2D eigenvalue weighted by atomic mass is 9.92. The fraction of sp³-hybridized carbons (Fsp3) is 0.412. The topological polar surface area (TPSA) is 127 Å². The summed E-state index contributed by atoms with van der Waals surface area (Å²) in [5, 5.41) is 5.82. The van der Waals surface area contributed by atoms with Gasteiger partial charge in [-0.3, -0.25) is 19.4 Å². The molecular weight excluding hydrogens is 561 g/mol. The van der Waals surface area contributed by atoms with E-state index in [1.54, 1.807) is 17.9 Å². The lowest BCUT2D eigenvalue weighted by molar-refractivity contribution is -0.119. The molecule has 4 rings (SSSR count). The summed E-state index contributed by atoms with van der Waals surface area (Å²) in [6.45, 7) is 6.79. The monoisotopic (exact) mass is 603 g/mol. The Balaban J connectivity index is 1.45. The van der Waals surface area contributed by atoms with Gasteiger partial charge in [0.2, 0.25) is 5.91 Å². The average Bonchev–Trinajstić information content (AvgIpc) is 3.49. The molecule has 4 atom stereocenters. The van der Waals surface area contributed by atoms with E-state index in [2.05, 4.69) is 15.6 Å². The number of hydrogen-bond acceptors (Lipinski definition) is 6. The van der Waals surface area contributed by atoms with Crippen LogP contribution in [0.1, 0.15) is 66.3 Å². The van der Waals surface area contributed by atoms with Crippen LogP contribution >= 0.6 is 0 Å². The highest BCUT2D eigenvalue weighted by atomic mass is 19.1. The van der Waals surface area contributed by atoms with Gasteiger partial charge in [-0.15, -0.1) is 0 Å². The maximum absolute atomic E-state index is 13.5. The molecule has 10 heteroatoms. The van der Waals surface area contributed by atoms with Gasteiger partial charge in [-0.1, -0.05) is 37.3 Å². The highest BCUT2D eigenvalue weighted by Gasteiger charge is 2.31. The van der Waals surface area contributed by atoms with Gasteiger partial charge in [0.05, 0.1) is 29.9 Å². The second kappa shape index (κ2) is 15.5. The van der Waals surface area contributed by atoms with E-state index in [9.17, 15) is 18.8 Å². The van der Waals surface area contributed by atoms with E-state index in [1.165, 1.54) is 36.7 Å². The molecule has 3 aromatic rings. The van der Waals surface area contributed by atoms with Gasteiger partial charge in [0.15, 0.2) is 0 Å². The highest BCUT2D eigenvalue weighted by Crippen LogP contribution is 2.22. The van der Waals surface area contributed by atoms with Gasteiger partial charge < -0.3 is 26.0 Å². The van der Waals surface area contributed by atoms with Crippen molar-refractivity contribution >= 4 is 23.4 Å². The predicted molar refractivity (Wildman–Crippen MR) is 168 cm³/mol. The number of anilines is 1. The Morgan fingerprint density at radius 1 is 1.05 bits per heavy atom. The van der Waals surface area contributed by atoms with Crippen LogP contribution in [0.3, 0.4) is 0 Å². The van der Waals surface area contributed by atoms with E-state index < -0.39 is 23.9 Å². The Morgan fingerprint density at radius 3 is 2.45 bits per heavy atom. The number of likely N-dealkylation sites (tertiary alicyclic amines) is 1. The molecule has 234 valence electrons. The van der Waals surface area contributed by atoms with Crippen molar-refractivity contribution in [3.8, 4) is 0 Å². The quantitative estimate of drug-likeness (QED) is 0.263. The van der Waals surface area contributed by atoms with Crippen LogP contribution in [0.15, 0.2) is 73.1 Å². The van der Waals surface area contributed by atoms with Crippen molar-refractivity contribution in [3.63, 3.8) is 0 Å². The number of carbonyl (C=O) groups is 3. The number of halogens is 1. The number of nitrogens with zero attached hydrogens (tertiary/aromatic N) is 2. The molecule has 1 fully saturated rings. The zero-order chi connectivity index (χ0) is 31.6. The van der Waals surface area contributed by atoms with Crippen LogP contribution < -0.4 is 16.4 Å². The second-order valence-corrected chi connectivity index (χ2v) is 11.7. The molecule has 1 aliphatic rings. The summed E-state index contributed by atoms with van der Waals surface area (Å²) in [7, 11) is 0. The fourth-order valence-electron chi connectivity index (χ4n) is 5.33. The SMILES string of the molecule is CC(C)OC[C@H]1CCCN1C(=O)c1cncc(C(=O)N[C@@H](Cc2ccccc2)[C@@H](N)C[C@@H](C)C(=O)Nc2ccc(F)cc2)c1. The molecule has 0 radical (unpaired) electrons. The number of nitrogens with one attached hydrogen (secondary N) is 2. The highest BCUT2D eigenvalue weighted by molar-refractivity contribution is 5.99. The van der Waals surface area contributed by atoms with E-state index in [4.69, 9.17) is 10.5 Å². The number of nitrogens with two attached hydrogens (primary N) is 1. The minimum absolute atomic E-state index is 0.0159. The van der Waals surface area contributed by atoms with Crippen molar-refractivity contribution in [2.75, 3.05) is 18.5 Å². The Morgan fingerprint density at radius 2 is 1.75 bits per heavy atom. The van der Waals surface area contributed by atoms with Crippen LogP contribution in [0.2, 0.25) is 0 Å². The van der Waals surface area contributed by atoms with Gasteiger partial charge in [-0.2, -0.15) is 0 Å². The van der Waals surface area contributed by atoms with Gasteiger partial charge in [0.25, 0.3) is 11.8 Å². The lowest BCUT2D eigenvalue weighted by Gasteiger charge is -2.27. The second-order valence-electron chi connectivity index (χ2n) is 11.7. The Hall–Kier alpha value is -4.15. The summed E-state index contributed by atoms with van der Waals surface area (Å²) in [5.41, 5.74) is 8.68. The molecular formula is C34H42FN5O4. The number of aromatic nitrogens is 1. The van der Waals surface area contributed by atoms with Gasteiger partial charge in [0.1, 0.15) is 5.82 Å². The zero-order valence-corrected chi connectivity index (χ0v) is 25.5. The molecule has 0 aliphatic carbocycles. The summed E-state index contributed by atoms with van der Waals surface area (Å²) < 4.78 is 19.0. The van der Waals surface area contributed by atoms with Crippen LogP contribution in [0.4, 0.5) is 10.1 Å². The first kappa shape index (κ1) is 32.8. The molecule has 9 nitrogen and oxygen atoms in total. The molecule has 0 saturated carbocycles. The van der Waals surface area contributed by atoms with Gasteiger partial charge in [0, 0.05) is 42.6 Å². The van der Waals surface area contributed by atoms with E-state index in [1.807, 2.05) is 44.2 Å². The third kappa shape index (κ3) is 9.17. The van der Waals surface area contributed by atoms with E-state index >= 15 is 0 Å². The first-order valence-corrected chi connectivity index (χ1v) is 15.1. The Labute approximate surface area is 258 Å². The van der Waals surface area contributed by atoms with Crippen LogP contribution in [-0.2, 0) is 16.0 Å². The maximum Gasteiger partial charge on any atom is 0.255 e. The molecule has 0 spiro atoms. The molecule has 44 heavy (non-hydrogen) atoms. The Bertz CT molecular complexity index is 1400. The number of ether oxygens (including phenoxy) is 1. The van der Waals surface area contributed by atoms with Crippen molar-refractivity contribution < 1.29 is 23.5 Å². The van der Waals surface area contributed by atoms with Crippen LogP contribution in [-0.4, -0.2) is 65.0 Å². The number of hydrogen-bond donors (Lipinski definition) is 3. The summed E-state index contributed by atoms with van der Waals surface area (Å²) >= 11 is 0. The summed E-state index contributed by atoms with van der Waals surface area (Å²) in [6.07, 6.45) is 5.47. The summed E-state index contributed by atoms with van der Waals surface area (Å²) in [5.74, 6) is -1.72. The van der Waals surface area contributed by atoms with Crippen molar-refractivity contribution in [3.05, 3.63) is 95.6 Å². The first-order valence-electron chi connectivity index (χ1n) is 15.1. The van der Waals surface area contributed by atoms with Crippen molar-refractivity contribution in [2.24, 2.45) is 11.7 Å². The van der Waals surface area contributed by atoms with E-state index in [-0.39, 0.29) is 41.8 Å². The molecule has 4 N–H and O–H groups in total. The molecule has 0 bridgehead atoms. The molecule has 2 aromatic carbocycles. The van der Waals surface area contributed by atoms with Gasteiger partial charge >= 0.3 is 0 Å². The largest absolute Gasteiger partial charge is 0.377 e. The molecule has 2 heterocycles. The third-order valence-corrected chi connectivity index (χ3v) is 7.82. The fourth-order valence-corrected chi connectivity index (χ4v) is 5.33. The maximum atomic E-state index is 13.5. The molecule has 1 saturated heterocycles. The molecule has 1 aromatic heterocycles. The van der Waals surface area contributed by atoms with Crippen molar-refractivity contribution in [2.45, 2.75) is 70.7 Å². The van der Waals surface area contributed by atoms with Crippen LogP contribution in [0.25, 0.3) is 0 Å².